The average Bonchev–Trinajstić information content (AvgIpc) is 2.44. The molecule has 1 aromatic carbocycles. The van der Waals surface area contributed by atoms with Gasteiger partial charge in [-0.3, -0.25) is 0 Å². The molecule has 5 heteroatoms. The first kappa shape index (κ1) is 15.6. The van der Waals surface area contributed by atoms with Crippen LogP contribution >= 0.6 is 23.2 Å². The zero-order chi connectivity index (χ0) is 14.5. The minimum absolute atomic E-state index is 0.101. The molecule has 0 radical (unpaired) electrons. The summed E-state index contributed by atoms with van der Waals surface area (Å²) >= 11 is 12.4. The van der Waals surface area contributed by atoms with Crippen molar-refractivity contribution in [1.29, 1.82) is 0 Å². The van der Waals surface area contributed by atoms with Gasteiger partial charge >= 0.3 is 5.97 Å². The van der Waals surface area contributed by atoms with E-state index in [9.17, 15) is 4.79 Å². The fourth-order valence-corrected chi connectivity index (χ4v) is 3.28. The molecule has 0 saturated carbocycles. The number of ether oxygens (including phenoxy) is 1. The zero-order valence-electron chi connectivity index (χ0n) is 11.6. The van der Waals surface area contributed by atoms with Crippen LogP contribution in [0.1, 0.15) is 31.7 Å². The van der Waals surface area contributed by atoms with Gasteiger partial charge in [0.25, 0.3) is 0 Å². The van der Waals surface area contributed by atoms with Gasteiger partial charge in [0.1, 0.15) is 6.54 Å². The standard InChI is InChI=1S/C15H19Cl2NO2/c1-2-20-15(19)14-8-3-4-9-18(14)10-11-12(16)6-5-7-13(11)17/h5-7,14H,2-4,8-10H2,1H3/p+1/t14-/m0/s1. The van der Waals surface area contributed by atoms with Gasteiger partial charge in [0.2, 0.25) is 0 Å². The normalized spacial score (nSPS) is 22.6. The lowest BCUT2D eigenvalue weighted by atomic mass is 10.0. The molecule has 20 heavy (non-hydrogen) atoms. The highest BCUT2D eigenvalue weighted by Gasteiger charge is 2.34. The zero-order valence-corrected chi connectivity index (χ0v) is 13.1. The molecule has 1 heterocycles. The van der Waals surface area contributed by atoms with Crippen molar-refractivity contribution in [2.45, 2.75) is 38.8 Å². The lowest BCUT2D eigenvalue weighted by Crippen LogP contribution is -3.16. The number of benzene rings is 1. The van der Waals surface area contributed by atoms with E-state index in [2.05, 4.69) is 0 Å². The van der Waals surface area contributed by atoms with Crippen LogP contribution in [0.15, 0.2) is 18.2 Å². The Morgan fingerprint density at radius 1 is 1.35 bits per heavy atom. The molecule has 3 nitrogen and oxygen atoms in total. The highest BCUT2D eigenvalue weighted by molar-refractivity contribution is 6.35. The predicted molar refractivity (Wildman–Crippen MR) is 80.3 cm³/mol. The summed E-state index contributed by atoms with van der Waals surface area (Å²) in [7, 11) is 0. The fourth-order valence-electron chi connectivity index (χ4n) is 2.75. The second-order valence-corrected chi connectivity index (χ2v) is 5.90. The fraction of sp³-hybridized carbons (Fsp3) is 0.533. The van der Waals surface area contributed by atoms with E-state index in [0.29, 0.717) is 23.2 Å². The van der Waals surface area contributed by atoms with E-state index < -0.39 is 0 Å². The van der Waals surface area contributed by atoms with Crippen LogP contribution in [0.5, 0.6) is 0 Å². The Labute approximate surface area is 129 Å². The maximum absolute atomic E-state index is 12.1. The Bertz CT molecular complexity index is 459. The van der Waals surface area contributed by atoms with Crippen molar-refractivity contribution < 1.29 is 14.4 Å². The lowest BCUT2D eigenvalue weighted by Gasteiger charge is -2.31. The maximum Gasteiger partial charge on any atom is 0.364 e. The number of halogens is 2. The molecule has 0 aliphatic carbocycles. The maximum atomic E-state index is 12.1. The minimum Gasteiger partial charge on any atom is -0.462 e. The summed E-state index contributed by atoms with van der Waals surface area (Å²) < 4.78 is 5.18. The number of carbonyl (C=O) groups is 1. The van der Waals surface area contributed by atoms with Crippen LogP contribution in [0.4, 0.5) is 0 Å². The first-order valence-corrected chi connectivity index (χ1v) is 7.83. The number of piperidine rings is 1. The molecule has 1 aliphatic rings. The molecule has 1 aliphatic heterocycles. The van der Waals surface area contributed by atoms with E-state index >= 15 is 0 Å². The summed E-state index contributed by atoms with van der Waals surface area (Å²) in [6.07, 6.45) is 3.06. The number of quaternary nitrogens is 1. The quantitative estimate of drug-likeness (QED) is 0.865. The van der Waals surface area contributed by atoms with Gasteiger partial charge in [0, 0.05) is 12.0 Å². The second kappa shape index (κ2) is 7.30. The number of likely N-dealkylation sites (tertiary alicyclic amines) is 1. The van der Waals surface area contributed by atoms with Crippen molar-refractivity contribution in [3.63, 3.8) is 0 Å². The van der Waals surface area contributed by atoms with E-state index in [1.54, 1.807) is 0 Å². The molecule has 1 unspecified atom stereocenters. The highest BCUT2D eigenvalue weighted by atomic mass is 35.5. The van der Waals surface area contributed by atoms with Crippen molar-refractivity contribution in [1.82, 2.24) is 0 Å². The lowest BCUT2D eigenvalue weighted by molar-refractivity contribution is -0.935. The van der Waals surface area contributed by atoms with Crippen molar-refractivity contribution in [3.05, 3.63) is 33.8 Å². The van der Waals surface area contributed by atoms with Crippen molar-refractivity contribution in [2.75, 3.05) is 13.2 Å². The van der Waals surface area contributed by atoms with Crippen LogP contribution in [0.25, 0.3) is 0 Å². The summed E-state index contributed by atoms with van der Waals surface area (Å²) in [5.41, 5.74) is 0.919. The van der Waals surface area contributed by atoms with E-state index in [0.717, 1.165) is 31.4 Å². The van der Waals surface area contributed by atoms with Gasteiger partial charge in [0.05, 0.1) is 23.2 Å². The molecule has 2 atom stereocenters. The second-order valence-electron chi connectivity index (χ2n) is 5.09. The summed E-state index contributed by atoms with van der Waals surface area (Å²) in [4.78, 5) is 13.3. The van der Waals surface area contributed by atoms with Crippen LogP contribution in [-0.4, -0.2) is 25.2 Å². The first-order valence-electron chi connectivity index (χ1n) is 7.07. The summed E-state index contributed by atoms with van der Waals surface area (Å²) in [6.45, 7) is 3.88. The predicted octanol–water partition coefficient (Wildman–Crippen LogP) is 2.49. The van der Waals surface area contributed by atoms with Crippen LogP contribution < -0.4 is 4.90 Å². The summed E-state index contributed by atoms with van der Waals surface area (Å²) in [5, 5.41) is 1.33. The molecule has 0 bridgehead atoms. The molecule has 0 aromatic heterocycles. The van der Waals surface area contributed by atoms with E-state index in [1.807, 2.05) is 25.1 Å². The van der Waals surface area contributed by atoms with Gasteiger partial charge in [0.15, 0.2) is 6.04 Å². The molecule has 1 N–H and O–H groups in total. The van der Waals surface area contributed by atoms with Gasteiger partial charge in [-0.05, 0) is 31.9 Å². The highest BCUT2D eigenvalue weighted by Crippen LogP contribution is 2.23. The smallest absolute Gasteiger partial charge is 0.364 e. The molecule has 1 aromatic rings. The van der Waals surface area contributed by atoms with Gasteiger partial charge in [-0.1, -0.05) is 29.3 Å². The third-order valence-electron chi connectivity index (χ3n) is 3.77. The van der Waals surface area contributed by atoms with Crippen LogP contribution in [0.3, 0.4) is 0 Å². The number of hydrogen-bond acceptors (Lipinski definition) is 2. The van der Waals surface area contributed by atoms with E-state index in [-0.39, 0.29) is 12.0 Å². The summed E-state index contributed by atoms with van der Waals surface area (Å²) in [5.74, 6) is -0.106. The minimum atomic E-state index is -0.106. The number of rotatable bonds is 4. The Hall–Kier alpha value is -0.770. The van der Waals surface area contributed by atoms with Crippen molar-refractivity contribution in [2.24, 2.45) is 0 Å². The Kier molecular flexibility index (Phi) is 5.70. The van der Waals surface area contributed by atoms with Crippen LogP contribution in [0.2, 0.25) is 10.0 Å². The largest absolute Gasteiger partial charge is 0.462 e. The number of hydrogen-bond donors (Lipinski definition) is 1. The number of esters is 1. The van der Waals surface area contributed by atoms with Crippen LogP contribution in [-0.2, 0) is 16.1 Å². The third kappa shape index (κ3) is 3.66. The number of nitrogens with one attached hydrogen (secondary N) is 1. The van der Waals surface area contributed by atoms with E-state index in [1.165, 1.54) is 4.90 Å². The Balaban J connectivity index is 2.14. The SMILES string of the molecule is CCOC(=O)[C@@H]1CCCC[NH+]1Cc1c(Cl)cccc1Cl. The Morgan fingerprint density at radius 3 is 2.70 bits per heavy atom. The van der Waals surface area contributed by atoms with Gasteiger partial charge in [-0.15, -0.1) is 0 Å². The monoisotopic (exact) mass is 316 g/mol. The van der Waals surface area contributed by atoms with Crippen molar-refractivity contribution in [3.8, 4) is 0 Å². The Morgan fingerprint density at radius 2 is 2.05 bits per heavy atom. The molecular formula is C15H20Cl2NO2+. The molecular weight excluding hydrogens is 297 g/mol. The molecule has 110 valence electrons. The number of carbonyl (C=O) groups excluding carboxylic acids is 1. The average molecular weight is 317 g/mol. The third-order valence-corrected chi connectivity index (χ3v) is 4.48. The van der Waals surface area contributed by atoms with Gasteiger partial charge in [-0.2, -0.15) is 0 Å². The molecule has 1 fully saturated rings. The summed E-state index contributed by atoms with van der Waals surface area (Å²) in [6, 6.07) is 5.41. The topological polar surface area (TPSA) is 30.7 Å². The van der Waals surface area contributed by atoms with Gasteiger partial charge < -0.3 is 9.64 Å². The molecule has 2 rings (SSSR count). The van der Waals surface area contributed by atoms with Crippen molar-refractivity contribution >= 4 is 29.2 Å². The molecule has 0 spiro atoms. The molecule has 1 saturated heterocycles. The van der Waals surface area contributed by atoms with E-state index in [4.69, 9.17) is 27.9 Å². The van der Waals surface area contributed by atoms with Gasteiger partial charge in [-0.25, -0.2) is 4.79 Å². The van der Waals surface area contributed by atoms with Crippen LogP contribution in [0, 0.1) is 0 Å². The first-order chi connectivity index (χ1) is 9.63. The molecule has 0 amide bonds.